The lowest BCUT2D eigenvalue weighted by Crippen LogP contribution is -2.22. The zero-order chi connectivity index (χ0) is 11.5. The molecule has 17 heavy (non-hydrogen) atoms. The molecule has 0 aromatic rings. The lowest BCUT2D eigenvalue weighted by atomic mass is 10.0. The highest BCUT2D eigenvalue weighted by Gasteiger charge is 2.32. The summed E-state index contributed by atoms with van der Waals surface area (Å²) < 4.78 is 22.4. The minimum atomic E-state index is 0.0136. The van der Waals surface area contributed by atoms with E-state index in [9.17, 15) is 0 Å². The van der Waals surface area contributed by atoms with Gasteiger partial charge in [0.05, 0.1) is 26.4 Å². The van der Waals surface area contributed by atoms with E-state index >= 15 is 0 Å². The van der Waals surface area contributed by atoms with E-state index in [0.29, 0.717) is 5.92 Å². The van der Waals surface area contributed by atoms with Crippen LogP contribution in [0.2, 0.25) is 0 Å². The molecular formula is C13H22O4. The maximum absolute atomic E-state index is 5.85. The third kappa shape index (κ3) is 3.41. The molecule has 98 valence electrons. The van der Waals surface area contributed by atoms with Gasteiger partial charge in [-0.15, -0.1) is 0 Å². The lowest BCUT2D eigenvalue weighted by molar-refractivity contribution is -0.138. The summed E-state index contributed by atoms with van der Waals surface area (Å²) in [6, 6.07) is 0. The van der Waals surface area contributed by atoms with Crippen molar-refractivity contribution in [3.8, 4) is 0 Å². The maximum Gasteiger partial charge on any atom is 0.160 e. The number of rotatable bonds is 6. The zero-order valence-corrected chi connectivity index (χ0v) is 10.3. The fourth-order valence-corrected chi connectivity index (χ4v) is 2.51. The smallest absolute Gasteiger partial charge is 0.160 e. The maximum atomic E-state index is 5.85. The van der Waals surface area contributed by atoms with Gasteiger partial charge in [0.15, 0.2) is 12.6 Å². The van der Waals surface area contributed by atoms with Gasteiger partial charge in [0.2, 0.25) is 0 Å². The Bertz CT molecular complexity index is 236. The van der Waals surface area contributed by atoms with Crippen molar-refractivity contribution in [2.24, 2.45) is 11.8 Å². The van der Waals surface area contributed by atoms with Crippen LogP contribution in [-0.2, 0) is 18.9 Å². The molecule has 0 aromatic carbocycles. The van der Waals surface area contributed by atoms with E-state index in [0.717, 1.165) is 51.6 Å². The molecule has 2 aliphatic heterocycles. The Morgan fingerprint density at radius 2 is 1.71 bits per heavy atom. The first-order valence-corrected chi connectivity index (χ1v) is 6.88. The van der Waals surface area contributed by atoms with E-state index < -0.39 is 0 Å². The minimum Gasteiger partial charge on any atom is -0.352 e. The van der Waals surface area contributed by atoms with Crippen LogP contribution in [0.1, 0.15) is 32.1 Å². The fourth-order valence-electron chi connectivity index (χ4n) is 2.51. The van der Waals surface area contributed by atoms with E-state index in [1.165, 1.54) is 12.8 Å². The van der Waals surface area contributed by atoms with Crippen LogP contribution >= 0.6 is 0 Å². The van der Waals surface area contributed by atoms with Crippen LogP contribution in [0.5, 0.6) is 0 Å². The summed E-state index contributed by atoms with van der Waals surface area (Å²) in [6.45, 7) is 3.21. The highest BCUT2D eigenvalue weighted by Crippen LogP contribution is 2.33. The van der Waals surface area contributed by atoms with Gasteiger partial charge in [-0.25, -0.2) is 0 Å². The van der Waals surface area contributed by atoms with Crippen molar-refractivity contribution in [3.63, 3.8) is 0 Å². The predicted molar refractivity (Wildman–Crippen MR) is 61.4 cm³/mol. The molecule has 0 aromatic heterocycles. The van der Waals surface area contributed by atoms with Gasteiger partial charge in [-0.2, -0.15) is 0 Å². The van der Waals surface area contributed by atoms with Crippen molar-refractivity contribution in [2.75, 3.05) is 26.4 Å². The molecule has 0 spiro atoms. The molecule has 2 unspecified atom stereocenters. The molecule has 1 saturated carbocycles. The van der Waals surface area contributed by atoms with Gasteiger partial charge in [-0.3, -0.25) is 0 Å². The van der Waals surface area contributed by atoms with E-state index in [4.69, 9.17) is 18.9 Å². The topological polar surface area (TPSA) is 36.9 Å². The van der Waals surface area contributed by atoms with Crippen LogP contribution in [0.3, 0.4) is 0 Å². The van der Waals surface area contributed by atoms with E-state index in [1.807, 2.05) is 0 Å². The highest BCUT2D eigenvalue weighted by molar-refractivity contribution is 4.75. The molecule has 3 rings (SSSR count). The van der Waals surface area contributed by atoms with Crippen molar-refractivity contribution in [2.45, 2.75) is 44.7 Å². The summed E-state index contributed by atoms with van der Waals surface area (Å²) in [4.78, 5) is 0. The quantitative estimate of drug-likeness (QED) is 0.713. The van der Waals surface area contributed by atoms with Crippen molar-refractivity contribution in [1.82, 2.24) is 0 Å². The summed E-state index contributed by atoms with van der Waals surface area (Å²) in [6.07, 6.45) is 5.87. The Labute approximate surface area is 103 Å². The van der Waals surface area contributed by atoms with Crippen LogP contribution in [0.25, 0.3) is 0 Å². The molecule has 3 aliphatic rings. The van der Waals surface area contributed by atoms with Crippen LogP contribution in [-0.4, -0.2) is 39.0 Å². The molecule has 1 aliphatic carbocycles. The summed E-state index contributed by atoms with van der Waals surface area (Å²) in [5.74, 6) is 1.34. The second-order valence-electron chi connectivity index (χ2n) is 5.31. The molecule has 0 radical (unpaired) electrons. The highest BCUT2D eigenvalue weighted by atomic mass is 16.7. The number of hydrogen-bond donors (Lipinski definition) is 0. The SMILES string of the molecule is C1COC(CCC2CCOC2OCC2CC2)O1. The van der Waals surface area contributed by atoms with E-state index in [1.54, 1.807) is 0 Å². The molecule has 3 fully saturated rings. The second-order valence-corrected chi connectivity index (χ2v) is 5.31. The normalized spacial score (nSPS) is 34.6. The molecule has 2 atom stereocenters. The van der Waals surface area contributed by atoms with E-state index in [2.05, 4.69) is 0 Å². The number of hydrogen-bond acceptors (Lipinski definition) is 4. The Kier molecular flexibility index (Phi) is 3.96. The van der Waals surface area contributed by atoms with Gasteiger partial charge in [-0.05, 0) is 38.0 Å². The first-order chi connectivity index (χ1) is 8.42. The second kappa shape index (κ2) is 5.65. The summed E-state index contributed by atoms with van der Waals surface area (Å²) in [5, 5.41) is 0. The average Bonchev–Trinajstić information content (AvgIpc) is 2.86. The summed E-state index contributed by atoms with van der Waals surface area (Å²) in [5.41, 5.74) is 0. The van der Waals surface area contributed by atoms with Gasteiger partial charge < -0.3 is 18.9 Å². The fraction of sp³-hybridized carbons (Fsp3) is 1.00. The molecule has 0 bridgehead atoms. The Morgan fingerprint density at radius 3 is 2.47 bits per heavy atom. The van der Waals surface area contributed by atoms with Gasteiger partial charge in [-0.1, -0.05) is 0 Å². The summed E-state index contributed by atoms with van der Waals surface area (Å²) in [7, 11) is 0. The lowest BCUT2D eigenvalue weighted by Gasteiger charge is -2.20. The first kappa shape index (κ1) is 11.9. The first-order valence-electron chi connectivity index (χ1n) is 6.88. The van der Waals surface area contributed by atoms with Gasteiger partial charge in [0, 0.05) is 5.92 Å². The van der Waals surface area contributed by atoms with Crippen molar-refractivity contribution in [3.05, 3.63) is 0 Å². The van der Waals surface area contributed by atoms with Crippen LogP contribution < -0.4 is 0 Å². The van der Waals surface area contributed by atoms with Crippen LogP contribution in [0.15, 0.2) is 0 Å². The largest absolute Gasteiger partial charge is 0.352 e. The molecular weight excluding hydrogens is 220 g/mol. The van der Waals surface area contributed by atoms with Gasteiger partial charge in [0.1, 0.15) is 0 Å². The third-order valence-corrected chi connectivity index (χ3v) is 3.81. The third-order valence-electron chi connectivity index (χ3n) is 3.81. The van der Waals surface area contributed by atoms with Gasteiger partial charge >= 0.3 is 0 Å². The van der Waals surface area contributed by atoms with Crippen LogP contribution in [0, 0.1) is 11.8 Å². The molecule has 0 amide bonds. The van der Waals surface area contributed by atoms with Crippen molar-refractivity contribution < 1.29 is 18.9 Å². The molecule has 4 nitrogen and oxygen atoms in total. The number of ether oxygens (including phenoxy) is 4. The Hall–Kier alpha value is -0.160. The van der Waals surface area contributed by atoms with E-state index in [-0.39, 0.29) is 12.6 Å². The van der Waals surface area contributed by atoms with Crippen molar-refractivity contribution in [1.29, 1.82) is 0 Å². The standard InChI is InChI=1S/C13H22O4/c1-2-10(1)9-17-13-11(5-6-16-13)3-4-12-14-7-8-15-12/h10-13H,1-9H2. The zero-order valence-electron chi connectivity index (χ0n) is 10.3. The Morgan fingerprint density at radius 1 is 0.882 bits per heavy atom. The molecule has 0 N–H and O–H groups in total. The molecule has 4 heteroatoms. The molecule has 2 heterocycles. The predicted octanol–water partition coefficient (Wildman–Crippen LogP) is 1.93. The van der Waals surface area contributed by atoms with Crippen LogP contribution in [0.4, 0.5) is 0 Å². The summed E-state index contributed by atoms with van der Waals surface area (Å²) >= 11 is 0. The minimum absolute atomic E-state index is 0.0136. The molecule has 2 saturated heterocycles. The van der Waals surface area contributed by atoms with Crippen molar-refractivity contribution >= 4 is 0 Å². The average molecular weight is 242 g/mol. The Balaban J connectivity index is 1.37. The van der Waals surface area contributed by atoms with Gasteiger partial charge in [0.25, 0.3) is 0 Å². The monoisotopic (exact) mass is 242 g/mol.